The number of aryl methyl sites for hydroxylation is 1. The highest BCUT2D eigenvalue weighted by Gasteiger charge is 2.20. The normalized spacial score (nSPS) is 20.2. The molecule has 1 aromatic rings. The van der Waals surface area contributed by atoms with Crippen molar-refractivity contribution in [2.75, 3.05) is 39.3 Å². The Balaban J connectivity index is 0.000000409. The van der Waals surface area contributed by atoms with Gasteiger partial charge in [-0.2, -0.15) is 0 Å². The summed E-state index contributed by atoms with van der Waals surface area (Å²) in [6, 6.07) is 10.9. The van der Waals surface area contributed by atoms with E-state index in [0.29, 0.717) is 0 Å². The van der Waals surface area contributed by atoms with Crippen LogP contribution in [0.5, 0.6) is 0 Å². The third-order valence-electron chi connectivity index (χ3n) is 5.32. The first kappa shape index (κ1) is 22.1. The summed E-state index contributed by atoms with van der Waals surface area (Å²) in [5.74, 6) is -2.74. The Morgan fingerprint density at radius 1 is 0.929 bits per heavy atom. The fourth-order valence-corrected chi connectivity index (χ4v) is 3.73. The third kappa shape index (κ3) is 8.67. The van der Waals surface area contributed by atoms with Crippen molar-refractivity contribution in [3.63, 3.8) is 0 Å². The molecule has 1 aliphatic heterocycles. The van der Waals surface area contributed by atoms with Gasteiger partial charge in [-0.3, -0.25) is 0 Å². The number of rotatable bonds is 6. The topological polar surface area (TPSA) is 81.1 Å². The summed E-state index contributed by atoms with van der Waals surface area (Å²) in [7, 11) is 0. The lowest BCUT2D eigenvalue weighted by atomic mass is 9.94. The van der Waals surface area contributed by atoms with Gasteiger partial charge in [0.25, 0.3) is 0 Å². The highest BCUT2D eigenvalue weighted by atomic mass is 16.4. The summed E-state index contributed by atoms with van der Waals surface area (Å²) >= 11 is 0. The van der Waals surface area contributed by atoms with E-state index in [9.17, 15) is 0 Å². The maximum atomic E-state index is 9.10. The Labute approximate surface area is 167 Å². The van der Waals surface area contributed by atoms with Crippen LogP contribution in [0.3, 0.4) is 0 Å². The lowest BCUT2D eigenvalue weighted by Gasteiger charge is -2.36. The van der Waals surface area contributed by atoms with Crippen molar-refractivity contribution < 1.29 is 19.8 Å². The van der Waals surface area contributed by atoms with E-state index in [0.717, 1.165) is 5.92 Å². The summed E-state index contributed by atoms with van der Waals surface area (Å²) in [4.78, 5) is 23.5. The first-order valence-electron chi connectivity index (χ1n) is 10.1. The van der Waals surface area contributed by atoms with Gasteiger partial charge < -0.3 is 20.0 Å². The lowest BCUT2D eigenvalue weighted by molar-refractivity contribution is -0.159. The van der Waals surface area contributed by atoms with E-state index in [1.807, 2.05) is 0 Å². The van der Waals surface area contributed by atoms with Crippen molar-refractivity contribution in [1.82, 2.24) is 9.80 Å². The monoisotopic (exact) mass is 388 g/mol. The van der Waals surface area contributed by atoms with Gasteiger partial charge in [-0.1, -0.05) is 42.5 Å². The molecule has 1 heterocycles. The predicted octanol–water partition coefficient (Wildman–Crippen LogP) is 2.75. The third-order valence-corrected chi connectivity index (χ3v) is 5.32. The zero-order valence-corrected chi connectivity index (χ0v) is 16.5. The number of carboxylic acids is 2. The second-order valence-corrected chi connectivity index (χ2v) is 7.49. The van der Waals surface area contributed by atoms with E-state index in [1.165, 1.54) is 76.9 Å². The van der Waals surface area contributed by atoms with Crippen molar-refractivity contribution in [3.05, 3.63) is 48.0 Å². The number of allylic oxidation sites excluding steroid dienone is 2. The van der Waals surface area contributed by atoms with Crippen LogP contribution in [-0.4, -0.2) is 71.2 Å². The van der Waals surface area contributed by atoms with Crippen LogP contribution in [0.1, 0.15) is 31.2 Å². The quantitative estimate of drug-likeness (QED) is 0.576. The van der Waals surface area contributed by atoms with E-state index >= 15 is 0 Å². The summed E-state index contributed by atoms with van der Waals surface area (Å²) in [6.07, 6.45) is 11.2. The smallest absolute Gasteiger partial charge is 0.414 e. The summed E-state index contributed by atoms with van der Waals surface area (Å²) in [5.41, 5.74) is 1.48. The van der Waals surface area contributed by atoms with Crippen LogP contribution in [0.15, 0.2) is 42.5 Å². The van der Waals surface area contributed by atoms with Gasteiger partial charge in [-0.05, 0) is 50.1 Å². The fraction of sp³-hybridized carbons (Fsp3) is 0.545. The Bertz CT molecular complexity index is 613. The molecule has 1 saturated heterocycles. The Morgan fingerprint density at radius 3 is 2.14 bits per heavy atom. The summed E-state index contributed by atoms with van der Waals surface area (Å²) in [5, 5.41) is 14.8. The molecule has 28 heavy (non-hydrogen) atoms. The Hall–Kier alpha value is -2.18. The van der Waals surface area contributed by atoms with Gasteiger partial charge >= 0.3 is 11.9 Å². The minimum Gasteiger partial charge on any atom is -0.473 e. The van der Waals surface area contributed by atoms with E-state index in [2.05, 4.69) is 52.3 Å². The molecule has 1 atom stereocenters. The molecule has 1 aromatic carbocycles. The van der Waals surface area contributed by atoms with Crippen molar-refractivity contribution in [2.24, 2.45) is 5.92 Å². The van der Waals surface area contributed by atoms with Crippen LogP contribution in [0.25, 0.3) is 0 Å². The number of nitrogens with zero attached hydrogens (tertiary/aromatic N) is 2. The van der Waals surface area contributed by atoms with Gasteiger partial charge in [0.1, 0.15) is 0 Å². The molecule has 0 bridgehead atoms. The molecule has 2 N–H and O–H groups in total. The van der Waals surface area contributed by atoms with Crippen molar-refractivity contribution in [1.29, 1.82) is 0 Å². The minimum atomic E-state index is -1.82. The van der Waals surface area contributed by atoms with Crippen LogP contribution in [0, 0.1) is 5.92 Å². The maximum absolute atomic E-state index is 9.10. The first-order chi connectivity index (χ1) is 13.5. The van der Waals surface area contributed by atoms with Crippen LogP contribution < -0.4 is 0 Å². The Kier molecular flexibility index (Phi) is 9.72. The number of carboxylic acid groups (broad SMARTS) is 2. The number of aliphatic carboxylic acids is 2. The molecule has 0 radical (unpaired) electrons. The summed E-state index contributed by atoms with van der Waals surface area (Å²) < 4.78 is 0. The molecule has 3 rings (SSSR count). The van der Waals surface area contributed by atoms with Gasteiger partial charge in [0.2, 0.25) is 0 Å². The number of hydrogen-bond donors (Lipinski definition) is 2. The minimum absolute atomic E-state index is 0.912. The predicted molar refractivity (Wildman–Crippen MR) is 109 cm³/mol. The highest BCUT2D eigenvalue weighted by molar-refractivity contribution is 6.27. The molecular weight excluding hydrogens is 356 g/mol. The van der Waals surface area contributed by atoms with E-state index < -0.39 is 11.9 Å². The zero-order chi connectivity index (χ0) is 20.2. The van der Waals surface area contributed by atoms with Crippen molar-refractivity contribution >= 4 is 11.9 Å². The van der Waals surface area contributed by atoms with Gasteiger partial charge in [0, 0.05) is 32.7 Å². The number of hydrogen-bond acceptors (Lipinski definition) is 4. The van der Waals surface area contributed by atoms with Gasteiger partial charge in [-0.25, -0.2) is 9.59 Å². The van der Waals surface area contributed by atoms with Crippen molar-refractivity contribution in [2.45, 2.75) is 32.1 Å². The molecule has 0 spiro atoms. The average Bonchev–Trinajstić information content (AvgIpc) is 2.71. The Morgan fingerprint density at radius 2 is 1.57 bits per heavy atom. The lowest BCUT2D eigenvalue weighted by Crippen LogP contribution is -2.48. The second kappa shape index (κ2) is 12.3. The van der Waals surface area contributed by atoms with Crippen LogP contribution in [0.4, 0.5) is 0 Å². The largest absolute Gasteiger partial charge is 0.473 e. The molecule has 0 saturated carbocycles. The average molecular weight is 389 g/mol. The zero-order valence-electron chi connectivity index (χ0n) is 16.5. The SMILES string of the molecule is C1=CCC(CN2CCN(CCCc3ccccc3)CC2)CC1.O=C(O)C(=O)O. The molecule has 0 aromatic heterocycles. The summed E-state index contributed by atoms with van der Waals surface area (Å²) in [6.45, 7) is 7.64. The molecule has 1 fully saturated rings. The molecule has 1 aliphatic carbocycles. The van der Waals surface area contributed by atoms with Gasteiger partial charge in [-0.15, -0.1) is 0 Å². The molecule has 6 nitrogen and oxygen atoms in total. The first-order valence-corrected chi connectivity index (χ1v) is 10.1. The van der Waals surface area contributed by atoms with Crippen LogP contribution >= 0.6 is 0 Å². The standard InChI is InChI=1S/C20H30N2.C2H2O4/c1-3-8-19(9-4-1)12-7-13-21-14-16-22(17-15-21)18-20-10-5-2-6-11-20;3-1(4)2(5)6/h1-5,8-9,20H,6-7,10-18H2;(H,3,4)(H,5,6). The van der Waals surface area contributed by atoms with E-state index in [1.54, 1.807) is 0 Å². The fourth-order valence-electron chi connectivity index (χ4n) is 3.73. The second-order valence-electron chi connectivity index (χ2n) is 7.49. The molecule has 154 valence electrons. The van der Waals surface area contributed by atoms with E-state index in [-0.39, 0.29) is 0 Å². The highest BCUT2D eigenvalue weighted by Crippen LogP contribution is 2.20. The molecule has 6 heteroatoms. The van der Waals surface area contributed by atoms with Crippen LogP contribution in [-0.2, 0) is 16.0 Å². The number of piperazine rings is 1. The molecule has 1 unspecified atom stereocenters. The van der Waals surface area contributed by atoms with Crippen LogP contribution in [0.2, 0.25) is 0 Å². The van der Waals surface area contributed by atoms with Gasteiger partial charge in [0.05, 0.1) is 0 Å². The molecule has 2 aliphatic rings. The number of benzene rings is 1. The number of carbonyl (C=O) groups is 2. The maximum Gasteiger partial charge on any atom is 0.414 e. The molecular formula is C22H32N2O4. The van der Waals surface area contributed by atoms with Gasteiger partial charge in [0.15, 0.2) is 0 Å². The van der Waals surface area contributed by atoms with Crippen molar-refractivity contribution in [3.8, 4) is 0 Å². The molecule has 0 amide bonds. The van der Waals surface area contributed by atoms with E-state index in [4.69, 9.17) is 19.8 Å².